The molecule has 0 saturated carbocycles. The standard InChI is InChI=1S/C37H40ClN5O4/c1-37(2,3)47-36(44)26-9-10-31-32(20-26)43(21-29-13-17-45-29)33(40-31)22-42-15-11-24(12-16-42)30-7-4-8-34(41-30)46-23-27-19-28(38)18-25-6-5-14-39-35(25)27/h4-10,14,18-20,24,29H,11-13,15-17,21-23H2,1-3H3/t29-/m0/s1. The SMILES string of the molecule is CC(C)(C)OC(=O)c1ccc2nc(CN3CCC(c4cccc(OCc5cc(Cl)cc6cccnc56)n4)CC3)n(C[C@@H]3CCO3)c2c1. The van der Waals surface area contributed by atoms with Gasteiger partial charge in [-0.1, -0.05) is 23.7 Å². The summed E-state index contributed by atoms with van der Waals surface area (Å²) in [6.45, 7) is 10.1. The highest BCUT2D eigenvalue weighted by atomic mass is 35.5. The molecule has 1 atom stereocenters. The van der Waals surface area contributed by atoms with Crippen LogP contribution in [0.25, 0.3) is 21.9 Å². The molecule has 9 nitrogen and oxygen atoms in total. The maximum Gasteiger partial charge on any atom is 0.338 e. The van der Waals surface area contributed by atoms with Gasteiger partial charge in [-0.25, -0.2) is 14.8 Å². The first-order valence-corrected chi connectivity index (χ1v) is 16.8. The first-order chi connectivity index (χ1) is 22.7. The second kappa shape index (κ2) is 13.2. The van der Waals surface area contributed by atoms with Crippen molar-refractivity contribution in [2.45, 2.75) is 77.4 Å². The van der Waals surface area contributed by atoms with Crippen LogP contribution in [0.3, 0.4) is 0 Å². The third-order valence-corrected chi connectivity index (χ3v) is 9.10. The van der Waals surface area contributed by atoms with E-state index in [0.717, 1.165) is 91.1 Å². The van der Waals surface area contributed by atoms with E-state index in [1.165, 1.54) is 0 Å². The third kappa shape index (κ3) is 7.27. The molecular weight excluding hydrogens is 614 g/mol. The van der Waals surface area contributed by atoms with Crippen molar-refractivity contribution in [3.8, 4) is 5.88 Å². The molecule has 0 N–H and O–H groups in total. The Bertz CT molecular complexity index is 1910. The number of hydrogen-bond donors (Lipinski definition) is 0. The van der Waals surface area contributed by atoms with E-state index in [1.54, 1.807) is 6.20 Å². The number of fused-ring (bicyclic) bond motifs is 2. The number of hydrogen-bond acceptors (Lipinski definition) is 8. The second-order valence-corrected chi connectivity index (χ2v) is 13.9. The van der Waals surface area contributed by atoms with E-state index in [4.69, 9.17) is 35.8 Å². The van der Waals surface area contributed by atoms with Crippen molar-refractivity contribution in [2.75, 3.05) is 19.7 Å². The molecule has 2 saturated heterocycles. The van der Waals surface area contributed by atoms with Gasteiger partial charge in [0.25, 0.3) is 0 Å². The molecule has 5 heterocycles. The van der Waals surface area contributed by atoms with Gasteiger partial charge < -0.3 is 18.8 Å². The summed E-state index contributed by atoms with van der Waals surface area (Å²) in [7, 11) is 0. The first kappa shape index (κ1) is 31.5. The van der Waals surface area contributed by atoms with Crippen molar-refractivity contribution in [3.63, 3.8) is 0 Å². The average molecular weight is 654 g/mol. The molecule has 2 aromatic carbocycles. The zero-order chi connectivity index (χ0) is 32.5. The van der Waals surface area contributed by atoms with Crippen molar-refractivity contribution in [1.29, 1.82) is 0 Å². The molecule has 0 unspecified atom stereocenters. The molecule has 5 aromatic rings. The summed E-state index contributed by atoms with van der Waals surface area (Å²) in [5.74, 6) is 1.62. The van der Waals surface area contributed by atoms with Crippen molar-refractivity contribution in [2.24, 2.45) is 0 Å². The molecule has 244 valence electrons. The Hall–Kier alpha value is -4.05. The van der Waals surface area contributed by atoms with Gasteiger partial charge in [0.2, 0.25) is 5.88 Å². The maximum absolute atomic E-state index is 12.9. The average Bonchev–Trinajstić information content (AvgIpc) is 3.37. The minimum Gasteiger partial charge on any atom is -0.473 e. The number of piperidine rings is 1. The van der Waals surface area contributed by atoms with E-state index >= 15 is 0 Å². The second-order valence-electron chi connectivity index (χ2n) is 13.5. The Morgan fingerprint density at radius 2 is 1.85 bits per heavy atom. The van der Waals surface area contributed by atoms with Gasteiger partial charge in [0.15, 0.2) is 0 Å². The van der Waals surface area contributed by atoms with Crippen LogP contribution in [0.1, 0.15) is 73.4 Å². The Kier molecular flexibility index (Phi) is 8.87. The van der Waals surface area contributed by atoms with Gasteiger partial charge in [-0.2, -0.15) is 0 Å². The summed E-state index contributed by atoms with van der Waals surface area (Å²) in [6, 6.07) is 19.4. The summed E-state index contributed by atoms with van der Waals surface area (Å²) in [5, 5.41) is 1.65. The highest BCUT2D eigenvalue weighted by Crippen LogP contribution is 2.31. The molecule has 0 amide bonds. The Labute approximate surface area is 279 Å². The molecule has 2 aliphatic rings. The lowest BCUT2D eigenvalue weighted by atomic mass is 9.93. The van der Waals surface area contributed by atoms with E-state index < -0.39 is 5.60 Å². The normalized spacial score (nSPS) is 17.6. The number of aromatic nitrogens is 4. The lowest BCUT2D eigenvalue weighted by molar-refractivity contribution is -0.0592. The predicted octanol–water partition coefficient (Wildman–Crippen LogP) is 7.34. The molecular formula is C37H40ClN5O4. The van der Waals surface area contributed by atoms with Gasteiger partial charge in [-0.15, -0.1) is 0 Å². The van der Waals surface area contributed by atoms with Gasteiger partial charge in [0.1, 0.15) is 18.0 Å². The number of imidazole rings is 1. The lowest BCUT2D eigenvalue weighted by Gasteiger charge is -2.32. The monoisotopic (exact) mass is 653 g/mol. The van der Waals surface area contributed by atoms with Crippen LogP contribution in [0.15, 0.2) is 66.9 Å². The van der Waals surface area contributed by atoms with E-state index in [9.17, 15) is 4.79 Å². The van der Waals surface area contributed by atoms with Crippen LogP contribution in [-0.4, -0.2) is 61.8 Å². The van der Waals surface area contributed by atoms with Gasteiger partial charge in [-0.05, 0) is 95.6 Å². The fraction of sp³-hybridized carbons (Fsp3) is 0.405. The molecule has 7 rings (SSSR count). The summed E-state index contributed by atoms with van der Waals surface area (Å²) in [4.78, 5) is 29.8. The minimum absolute atomic E-state index is 0.163. The Morgan fingerprint density at radius 1 is 1.02 bits per heavy atom. The maximum atomic E-state index is 12.9. The van der Waals surface area contributed by atoms with Crippen LogP contribution in [-0.2, 0) is 29.2 Å². The number of nitrogens with zero attached hydrogens (tertiary/aromatic N) is 5. The number of ether oxygens (including phenoxy) is 3. The molecule has 47 heavy (non-hydrogen) atoms. The van der Waals surface area contributed by atoms with Crippen LogP contribution < -0.4 is 4.74 Å². The molecule has 2 fully saturated rings. The van der Waals surface area contributed by atoms with Gasteiger partial charge in [-0.3, -0.25) is 9.88 Å². The van der Waals surface area contributed by atoms with Crippen LogP contribution >= 0.6 is 11.6 Å². The fourth-order valence-corrected chi connectivity index (χ4v) is 6.66. The number of halogens is 1. The molecule has 0 spiro atoms. The summed E-state index contributed by atoms with van der Waals surface area (Å²) >= 11 is 6.36. The zero-order valence-corrected chi connectivity index (χ0v) is 27.9. The fourth-order valence-electron chi connectivity index (χ4n) is 6.41. The largest absolute Gasteiger partial charge is 0.473 e. The van der Waals surface area contributed by atoms with Crippen molar-refractivity contribution in [1.82, 2.24) is 24.4 Å². The van der Waals surface area contributed by atoms with Gasteiger partial charge >= 0.3 is 5.97 Å². The smallest absolute Gasteiger partial charge is 0.338 e. The van der Waals surface area contributed by atoms with Crippen molar-refractivity contribution < 1.29 is 19.0 Å². The highest BCUT2D eigenvalue weighted by molar-refractivity contribution is 6.31. The third-order valence-electron chi connectivity index (χ3n) is 8.88. The molecule has 0 aliphatic carbocycles. The predicted molar refractivity (Wildman–Crippen MR) is 182 cm³/mol. The number of likely N-dealkylation sites (tertiary alicyclic amines) is 1. The number of esters is 1. The topological polar surface area (TPSA) is 91.6 Å². The molecule has 3 aromatic heterocycles. The Balaban J connectivity index is 1.02. The van der Waals surface area contributed by atoms with E-state index in [2.05, 4.69) is 20.5 Å². The molecule has 2 aliphatic heterocycles. The van der Waals surface area contributed by atoms with E-state index in [0.29, 0.717) is 29.0 Å². The van der Waals surface area contributed by atoms with Crippen LogP contribution in [0, 0.1) is 0 Å². The number of rotatable bonds is 9. The van der Waals surface area contributed by atoms with Crippen LogP contribution in [0.5, 0.6) is 5.88 Å². The molecule has 10 heteroatoms. The molecule has 0 bridgehead atoms. The van der Waals surface area contributed by atoms with E-state index in [-0.39, 0.29) is 12.1 Å². The quantitative estimate of drug-likeness (QED) is 0.153. The number of pyridine rings is 2. The lowest BCUT2D eigenvalue weighted by Crippen LogP contribution is -2.35. The first-order valence-electron chi connectivity index (χ1n) is 16.4. The number of carbonyl (C=O) groups excluding carboxylic acids is 1. The Morgan fingerprint density at radius 3 is 2.62 bits per heavy atom. The van der Waals surface area contributed by atoms with Gasteiger partial charge in [0.05, 0.1) is 41.3 Å². The van der Waals surface area contributed by atoms with E-state index in [1.807, 2.05) is 75.4 Å². The molecule has 0 radical (unpaired) electrons. The van der Waals surface area contributed by atoms with Crippen molar-refractivity contribution in [3.05, 3.63) is 94.5 Å². The summed E-state index contributed by atoms with van der Waals surface area (Å²) < 4.78 is 19.8. The zero-order valence-electron chi connectivity index (χ0n) is 27.1. The minimum atomic E-state index is -0.558. The number of carbonyl (C=O) groups is 1. The van der Waals surface area contributed by atoms with Crippen LogP contribution in [0.4, 0.5) is 0 Å². The van der Waals surface area contributed by atoms with Crippen LogP contribution in [0.2, 0.25) is 5.02 Å². The summed E-state index contributed by atoms with van der Waals surface area (Å²) in [6.07, 6.45) is 4.96. The van der Waals surface area contributed by atoms with Crippen molar-refractivity contribution >= 4 is 39.5 Å². The summed E-state index contributed by atoms with van der Waals surface area (Å²) in [5.41, 5.74) is 4.67. The highest BCUT2D eigenvalue weighted by Gasteiger charge is 2.27. The number of benzene rings is 2. The van der Waals surface area contributed by atoms with Gasteiger partial charge in [0, 0.05) is 46.5 Å².